The molecule has 0 radical (unpaired) electrons. The van der Waals surface area contributed by atoms with Gasteiger partial charge in [0.25, 0.3) is 5.91 Å². The second-order valence-corrected chi connectivity index (χ2v) is 5.77. The Hall–Kier alpha value is -3.15. The maximum Gasteiger partial charge on any atom is 0.258 e. The molecule has 2 aromatic carbocycles. The largest absolute Gasteiger partial charge is 0.467 e. The molecule has 3 aromatic rings. The lowest BCUT2D eigenvalue weighted by atomic mass is 10.0. The summed E-state index contributed by atoms with van der Waals surface area (Å²) in [6, 6.07) is 13.8. The first-order valence-electron chi connectivity index (χ1n) is 7.77. The molecule has 0 saturated heterocycles. The van der Waals surface area contributed by atoms with Crippen LogP contribution in [0.25, 0.3) is 0 Å². The fourth-order valence-corrected chi connectivity index (χ4v) is 3.00. The van der Waals surface area contributed by atoms with Crippen molar-refractivity contribution in [2.45, 2.75) is 12.7 Å². The van der Waals surface area contributed by atoms with Gasteiger partial charge in [0.2, 0.25) is 0 Å². The molecule has 4 rings (SSSR count). The van der Waals surface area contributed by atoms with Gasteiger partial charge in [0.15, 0.2) is 0 Å². The van der Waals surface area contributed by atoms with Crippen LogP contribution in [0.4, 0.5) is 14.5 Å². The number of nitrogens with zero attached hydrogens (tertiary/aromatic N) is 1. The van der Waals surface area contributed by atoms with Crippen LogP contribution in [0.5, 0.6) is 0 Å². The van der Waals surface area contributed by atoms with Gasteiger partial charge < -0.3 is 14.6 Å². The fraction of sp³-hybridized carbons (Fsp3) is 0.105. The number of halogens is 2. The van der Waals surface area contributed by atoms with E-state index in [4.69, 9.17) is 4.42 Å². The van der Waals surface area contributed by atoms with Crippen molar-refractivity contribution >= 4 is 11.6 Å². The average Bonchev–Trinajstić information content (AvgIpc) is 3.11. The zero-order chi connectivity index (χ0) is 17.4. The number of para-hydroxylation sites is 1. The molecule has 25 heavy (non-hydrogen) atoms. The Morgan fingerprint density at radius 1 is 1.08 bits per heavy atom. The zero-order valence-electron chi connectivity index (χ0n) is 13.1. The molecule has 1 aromatic heterocycles. The second kappa shape index (κ2) is 6.05. The van der Waals surface area contributed by atoms with E-state index in [-0.39, 0.29) is 18.0 Å². The predicted octanol–water partition coefficient (Wildman–Crippen LogP) is 4.32. The van der Waals surface area contributed by atoms with Crippen LogP contribution in [0.1, 0.15) is 27.8 Å². The third-order valence-electron chi connectivity index (χ3n) is 4.19. The SMILES string of the molecule is O=C1c2ccccc2NC(c2ccc(F)cc2F)N1Cc1ccco1. The third-order valence-corrected chi connectivity index (χ3v) is 4.19. The van der Waals surface area contributed by atoms with E-state index >= 15 is 0 Å². The smallest absolute Gasteiger partial charge is 0.258 e. The minimum atomic E-state index is -0.770. The van der Waals surface area contributed by atoms with Crippen molar-refractivity contribution in [1.29, 1.82) is 0 Å². The molecule has 1 amide bonds. The molecule has 2 heterocycles. The van der Waals surface area contributed by atoms with Gasteiger partial charge in [-0.3, -0.25) is 4.79 Å². The highest BCUT2D eigenvalue weighted by atomic mass is 19.1. The van der Waals surface area contributed by atoms with E-state index in [1.165, 1.54) is 23.3 Å². The normalized spacial score (nSPS) is 16.5. The van der Waals surface area contributed by atoms with Gasteiger partial charge >= 0.3 is 0 Å². The highest BCUT2D eigenvalue weighted by Gasteiger charge is 2.34. The first kappa shape index (κ1) is 15.4. The molecule has 1 aliphatic rings. The number of carbonyl (C=O) groups excluding carboxylic acids is 1. The van der Waals surface area contributed by atoms with Crippen molar-refractivity contribution < 1.29 is 18.0 Å². The average molecular weight is 340 g/mol. The summed E-state index contributed by atoms with van der Waals surface area (Å²) in [7, 11) is 0. The summed E-state index contributed by atoms with van der Waals surface area (Å²) >= 11 is 0. The molecule has 0 aliphatic carbocycles. The number of rotatable bonds is 3. The van der Waals surface area contributed by atoms with Crippen molar-refractivity contribution in [3.05, 3.63) is 89.4 Å². The van der Waals surface area contributed by atoms with Gasteiger partial charge in [0, 0.05) is 17.3 Å². The van der Waals surface area contributed by atoms with Crippen LogP contribution in [0.3, 0.4) is 0 Å². The van der Waals surface area contributed by atoms with Crippen LogP contribution in [0.2, 0.25) is 0 Å². The van der Waals surface area contributed by atoms with E-state index < -0.39 is 17.8 Å². The molecule has 126 valence electrons. The minimum Gasteiger partial charge on any atom is -0.467 e. The molecule has 1 unspecified atom stereocenters. The lowest BCUT2D eigenvalue weighted by Gasteiger charge is -2.37. The molecule has 0 spiro atoms. The van der Waals surface area contributed by atoms with E-state index in [0.717, 1.165) is 6.07 Å². The number of hydrogen-bond acceptors (Lipinski definition) is 3. The molecule has 1 atom stereocenters. The Balaban J connectivity index is 1.80. The molecule has 0 fully saturated rings. The van der Waals surface area contributed by atoms with Crippen LogP contribution >= 0.6 is 0 Å². The summed E-state index contributed by atoms with van der Waals surface area (Å²) in [5.74, 6) is -1.06. The van der Waals surface area contributed by atoms with Crippen molar-refractivity contribution in [3.63, 3.8) is 0 Å². The van der Waals surface area contributed by atoms with Gasteiger partial charge in [0.05, 0.1) is 18.4 Å². The first-order valence-corrected chi connectivity index (χ1v) is 7.77. The van der Waals surface area contributed by atoms with Crippen molar-refractivity contribution in [3.8, 4) is 0 Å². The van der Waals surface area contributed by atoms with Crippen LogP contribution in [-0.2, 0) is 6.54 Å². The number of nitrogens with one attached hydrogen (secondary N) is 1. The lowest BCUT2D eigenvalue weighted by molar-refractivity contribution is 0.0648. The molecule has 0 bridgehead atoms. The molecular weight excluding hydrogens is 326 g/mol. The summed E-state index contributed by atoms with van der Waals surface area (Å²) < 4.78 is 33.0. The Bertz CT molecular complexity index is 925. The number of furan rings is 1. The highest BCUT2D eigenvalue weighted by molar-refractivity contribution is 6.01. The van der Waals surface area contributed by atoms with Gasteiger partial charge in [-0.2, -0.15) is 0 Å². The predicted molar refractivity (Wildman–Crippen MR) is 87.7 cm³/mol. The van der Waals surface area contributed by atoms with Gasteiger partial charge in [-0.1, -0.05) is 12.1 Å². The Kier molecular flexibility index (Phi) is 3.72. The van der Waals surface area contributed by atoms with Crippen molar-refractivity contribution in [2.24, 2.45) is 0 Å². The quantitative estimate of drug-likeness (QED) is 0.772. The Labute approximate surface area is 142 Å². The number of fused-ring (bicyclic) bond motifs is 1. The standard InChI is InChI=1S/C19H14F2N2O2/c20-12-7-8-14(16(21)10-12)18-22-17-6-2-1-5-15(17)19(24)23(18)11-13-4-3-9-25-13/h1-10,18,22H,11H2. The number of amides is 1. The van der Waals surface area contributed by atoms with Crippen LogP contribution in [0.15, 0.2) is 65.3 Å². The molecule has 6 heteroatoms. The van der Waals surface area contributed by atoms with E-state index in [9.17, 15) is 13.6 Å². The Morgan fingerprint density at radius 2 is 1.92 bits per heavy atom. The highest BCUT2D eigenvalue weighted by Crippen LogP contribution is 2.35. The van der Waals surface area contributed by atoms with E-state index in [1.807, 2.05) is 0 Å². The number of benzene rings is 2. The van der Waals surface area contributed by atoms with E-state index in [0.29, 0.717) is 17.0 Å². The van der Waals surface area contributed by atoms with Gasteiger partial charge in [-0.25, -0.2) is 8.78 Å². The number of hydrogen-bond donors (Lipinski definition) is 1. The third kappa shape index (κ3) is 2.76. The number of carbonyl (C=O) groups is 1. The lowest BCUT2D eigenvalue weighted by Crippen LogP contribution is -2.42. The summed E-state index contributed by atoms with van der Waals surface area (Å²) in [5, 5.41) is 3.17. The van der Waals surface area contributed by atoms with E-state index in [2.05, 4.69) is 5.32 Å². The van der Waals surface area contributed by atoms with Gasteiger partial charge in [-0.15, -0.1) is 0 Å². The summed E-state index contributed by atoms with van der Waals surface area (Å²) in [6.07, 6.45) is 0.742. The fourth-order valence-electron chi connectivity index (χ4n) is 3.00. The zero-order valence-corrected chi connectivity index (χ0v) is 13.1. The Morgan fingerprint density at radius 3 is 2.68 bits per heavy atom. The van der Waals surface area contributed by atoms with Crippen molar-refractivity contribution in [2.75, 3.05) is 5.32 Å². The monoisotopic (exact) mass is 340 g/mol. The first-order chi connectivity index (χ1) is 12.1. The molecule has 4 nitrogen and oxygen atoms in total. The molecule has 1 N–H and O–H groups in total. The van der Waals surface area contributed by atoms with Gasteiger partial charge in [0.1, 0.15) is 23.6 Å². The summed E-state index contributed by atoms with van der Waals surface area (Å²) in [5.41, 5.74) is 1.29. The molecular formula is C19H14F2N2O2. The van der Waals surface area contributed by atoms with Crippen molar-refractivity contribution in [1.82, 2.24) is 4.90 Å². The topological polar surface area (TPSA) is 45.5 Å². The molecule has 0 saturated carbocycles. The van der Waals surface area contributed by atoms with Crippen LogP contribution in [-0.4, -0.2) is 10.8 Å². The summed E-state index contributed by atoms with van der Waals surface area (Å²) in [4.78, 5) is 14.4. The maximum atomic E-state index is 14.3. The van der Waals surface area contributed by atoms with Crippen LogP contribution in [0, 0.1) is 11.6 Å². The molecule has 1 aliphatic heterocycles. The number of anilines is 1. The summed E-state index contributed by atoms with van der Waals surface area (Å²) in [6.45, 7) is 0.161. The second-order valence-electron chi connectivity index (χ2n) is 5.77. The van der Waals surface area contributed by atoms with Crippen LogP contribution < -0.4 is 5.32 Å². The minimum absolute atomic E-state index is 0.161. The van der Waals surface area contributed by atoms with Gasteiger partial charge in [-0.05, 0) is 36.4 Å². The van der Waals surface area contributed by atoms with E-state index in [1.54, 1.807) is 36.4 Å². The maximum absolute atomic E-state index is 14.3.